The Labute approximate surface area is 113 Å². The number of aromatic nitrogens is 1. The summed E-state index contributed by atoms with van der Waals surface area (Å²) in [6, 6.07) is 12.1. The average Bonchev–Trinajstić information content (AvgIpc) is 2.41. The normalized spacial score (nSPS) is 11.9. The van der Waals surface area contributed by atoms with Crippen LogP contribution >= 0.6 is 15.9 Å². The minimum absolute atomic E-state index is 0.291. The van der Waals surface area contributed by atoms with Gasteiger partial charge in [0.05, 0.1) is 4.47 Å². The summed E-state index contributed by atoms with van der Waals surface area (Å²) in [5.41, 5.74) is 6.65. The first kappa shape index (κ1) is 12.7. The second-order valence-electron chi connectivity index (χ2n) is 3.71. The predicted octanol–water partition coefficient (Wildman–Crippen LogP) is 2.48. The van der Waals surface area contributed by atoms with Crippen molar-refractivity contribution in [3.05, 3.63) is 58.7 Å². The molecule has 1 amide bonds. The lowest BCUT2D eigenvalue weighted by atomic mass is 10.1. The SMILES string of the molecule is N[C@H](C(=O)Nc1ncccc1Br)c1ccccc1. The molecule has 0 aliphatic carbocycles. The van der Waals surface area contributed by atoms with Crippen molar-refractivity contribution in [1.82, 2.24) is 4.98 Å². The van der Waals surface area contributed by atoms with E-state index >= 15 is 0 Å². The van der Waals surface area contributed by atoms with Crippen molar-refractivity contribution in [2.75, 3.05) is 5.32 Å². The molecule has 0 aliphatic rings. The standard InChI is InChI=1S/C13H12BrN3O/c14-10-7-4-8-16-12(10)17-13(18)11(15)9-5-2-1-3-6-9/h1-8,11H,15H2,(H,16,17,18)/t11-/m0/s1. The predicted molar refractivity (Wildman–Crippen MR) is 73.9 cm³/mol. The summed E-state index contributed by atoms with van der Waals surface area (Å²) in [6.07, 6.45) is 1.61. The van der Waals surface area contributed by atoms with Crippen molar-refractivity contribution < 1.29 is 4.79 Å². The van der Waals surface area contributed by atoms with E-state index in [0.717, 1.165) is 10.0 Å². The summed E-state index contributed by atoms with van der Waals surface area (Å²) >= 11 is 3.31. The maximum atomic E-state index is 12.0. The van der Waals surface area contributed by atoms with E-state index in [9.17, 15) is 4.79 Å². The van der Waals surface area contributed by atoms with Crippen LogP contribution in [-0.4, -0.2) is 10.9 Å². The number of carbonyl (C=O) groups is 1. The van der Waals surface area contributed by atoms with Gasteiger partial charge in [-0.2, -0.15) is 0 Å². The van der Waals surface area contributed by atoms with Crippen LogP contribution in [0.25, 0.3) is 0 Å². The van der Waals surface area contributed by atoms with E-state index < -0.39 is 6.04 Å². The molecule has 0 spiro atoms. The Morgan fingerprint density at radius 2 is 1.94 bits per heavy atom. The summed E-state index contributed by atoms with van der Waals surface area (Å²) in [5, 5.41) is 2.69. The average molecular weight is 306 g/mol. The molecule has 2 aromatic rings. The minimum Gasteiger partial charge on any atom is -0.316 e. The maximum Gasteiger partial charge on any atom is 0.247 e. The Hall–Kier alpha value is -1.72. The number of hydrogen-bond donors (Lipinski definition) is 2. The third-order valence-electron chi connectivity index (χ3n) is 2.44. The third-order valence-corrected chi connectivity index (χ3v) is 3.08. The van der Waals surface area contributed by atoms with Gasteiger partial charge in [-0.25, -0.2) is 4.98 Å². The zero-order chi connectivity index (χ0) is 13.0. The van der Waals surface area contributed by atoms with E-state index in [4.69, 9.17) is 5.73 Å². The molecule has 0 saturated heterocycles. The summed E-state index contributed by atoms with van der Waals surface area (Å²) in [5.74, 6) is 0.175. The van der Waals surface area contributed by atoms with E-state index in [1.54, 1.807) is 18.3 Å². The van der Waals surface area contributed by atoms with E-state index in [-0.39, 0.29) is 5.91 Å². The van der Waals surface area contributed by atoms with Gasteiger partial charge in [-0.15, -0.1) is 0 Å². The number of hydrogen-bond acceptors (Lipinski definition) is 3. The van der Waals surface area contributed by atoms with Crippen molar-refractivity contribution in [3.8, 4) is 0 Å². The number of rotatable bonds is 3. The van der Waals surface area contributed by atoms with Crippen molar-refractivity contribution >= 4 is 27.7 Å². The summed E-state index contributed by atoms with van der Waals surface area (Å²) in [6.45, 7) is 0. The first-order valence-electron chi connectivity index (χ1n) is 5.40. The van der Waals surface area contributed by atoms with Crippen molar-refractivity contribution in [2.24, 2.45) is 5.73 Å². The Balaban J connectivity index is 2.12. The number of nitrogens with two attached hydrogens (primary N) is 1. The van der Waals surface area contributed by atoms with Gasteiger partial charge in [-0.05, 0) is 33.6 Å². The van der Waals surface area contributed by atoms with Crippen molar-refractivity contribution in [1.29, 1.82) is 0 Å². The van der Waals surface area contributed by atoms with E-state index in [1.807, 2.05) is 30.3 Å². The van der Waals surface area contributed by atoms with E-state index in [1.165, 1.54) is 0 Å². The van der Waals surface area contributed by atoms with Crippen LogP contribution in [0.2, 0.25) is 0 Å². The molecular weight excluding hydrogens is 294 g/mol. The Bertz CT molecular complexity index is 545. The zero-order valence-corrected chi connectivity index (χ0v) is 11.1. The van der Waals surface area contributed by atoms with E-state index in [0.29, 0.717) is 5.82 Å². The molecule has 0 unspecified atom stereocenters. The number of benzene rings is 1. The van der Waals surface area contributed by atoms with E-state index in [2.05, 4.69) is 26.2 Å². The van der Waals surface area contributed by atoms with Gasteiger partial charge >= 0.3 is 0 Å². The molecule has 0 bridgehead atoms. The number of nitrogens with one attached hydrogen (secondary N) is 1. The minimum atomic E-state index is -0.708. The molecular formula is C13H12BrN3O. The number of amides is 1. The lowest BCUT2D eigenvalue weighted by molar-refractivity contribution is -0.117. The fourth-order valence-corrected chi connectivity index (χ4v) is 1.84. The highest BCUT2D eigenvalue weighted by atomic mass is 79.9. The maximum absolute atomic E-state index is 12.0. The molecule has 18 heavy (non-hydrogen) atoms. The van der Waals surface area contributed by atoms with Crippen LogP contribution in [0.3, 0.4) is 0 Å². The van der Waals surface area contributed by atoms with Crippen molar-refractivity contribution in [3.63, 3.8) is 0 Å². The van der Waals surface area contributed by atoms with Gasteiger partial charge in [0.2, 0.25) is 5.91 Å². The first-order chi connectivity index (χ1) is 8.68. The lowest BCUT2D eigenvalue weighted by Gasteiger charge is -2.12. The molecule has 0 aliphatic heterocycles. The quantitative estimate of drug-likeness (QED) is 0.915. The first-order valence-corrected chi connectivity index (χ1v) is 6.19. The van der Waals surface area contributed by atoms with Crippen LogP contribution in [0.4, 0.5) is 5.82 Å². The summed E-state index contributed by atoms with van der Waals surface area (Å²) in [7, 11) is 0. The molecule has 1 heterocycles. The van der Waals surface area contributed by atoms with Gasteiger partial charge < -0.3 is 11.1 Å². The number of nitrogens with zero attached hydrogens (tertiary/aromatic N) is 1. The van der Waals surface area contributed by atoms with Crippen LogP contribution in [0.15, 0.2) is 53.1 Å². The lowest BCUT2D eigenvalue weighted by Crippen LogP contribution is -2.28. The molecule has 5 heteroatoms. The molecule has 0 saturated carbocycles. The fourth-order valence-electron chi connectivity index (χ4n) is 1.48. The summed E-state index contributed by atoms with van der Waals surface area (Å²) in [4.78, 5) is 16.0. The Morgan fingerprint density at radius 1 is 1.22 bits per heavy atom. The van der Waals surface area contributed by atoms with Crippen LogP contribution in [0.5, 0.6) is 0 Å². The van der Waals surface area contributed by atoms with Crippen molar-refractivity contribution in [2.45, 2.75) is 6.04 Å². The molecule has 92 valence electrons. The van der Waals surface area contributed by atoms with Gasteiger partial charge in [0, 0.05) is 6.20 Å². The second kappa shape index (κ2) is 5.75. The Morgan fingerprint density at radius 3 is 2.61 bits per heavy atom. The summed E-state index contributed by atoms with van der Waals surface area (Å²) < 4.78 is 0.721. The highest BCUT2D eigenvalue weighted by Gasteiger charge is 2.16. The fraction of sp³-hybridized carbons (Fsp3) is 0.0769. The molecule has 1 aromatic heterocycles. The molecule has 3 N–H and O–H groups in total. The molecule has 2 rings (SSSR count). The molecule has 0 fully saturated rings. The molecule has 0 radical (unpaired) electrons. The van der Waals surface area contributed by atoms with Gasteiger partial charge in [0.15, 0.2) is 0 Å². The number of pyridine rings is 1. The van der Waals surface area contributed by atoms with Crippen LogP contribution in [0.1, 0.15) is 11.6 Å². The van der Waals surface area contributed by atoms with Crippen LogP contribution in [-0.2, 0) is 4.79 Å². The largest absolute Gasteiger partial charge is 0.316 e. The number of anilines is 1. The van der Waals surface area contributed by atoms with Crippen LogP contribution in [0, 0.1) is 0 Å². The Kier molecular flexibility index (Phi) is 4.07. The molecule has 4 nitrogen and oxygen atoms in total. The van der Waals surface area contributed by atoms with Gasteiger partial charge in [-0.3, -0.25) is 4.79 Å². The van der Waals surface area contributed by atoms with Gasteiger partial charge in [-0.1, -0.05) is 30.3 Å². The smallest absolute Gasteiger partial charge is 0.247 e. The zero-order valence-electron chi connectivity index (χ0n) is 9.51. The highest BCUT2D eigenvalue weighted by molar-refractivity contribution is 9.10. The number of halogens is 1. The third kappa shape index (κ3) is 2.94. The van der Waals surface area contributed by atoms with Crippen LogP contribution < -0.4 is 11.1 Å². The van der Waals surface area contributed by atoms with Gasteiger partial charge in [0.1, 0.15) is 11.9 Å². The monoisotopic (exact) mass is 305 g/mol. The number of carbonyl (C=O) groups excluding carboxylic acids is 1. The molecule has 1 atom stereocenters. The topological polar surface area (TPSA) is 68.0 Å². The second-order valence-corrected chi connectivity index (χ2v) is 4.57. The van der Waals surface area contributed by atoms with Gasteiger partial charge in [0.25, 0.3) is 0 Å². The molecule has 1 aromatic carbocycles. The highest BCUT2D eigenvalue weighted by Crippen LogP contribution is 2.20.